The quantitative estimate of drug-likeness (QED) is 0.803. The molecule has 138 valence electrons. The summed E-state index contributed by atoms with van der Waals surface area (Å²) in [6, 6.07) is 9.84. The number of carbonyl (C=O) groups is 2. The highest BCUT2D eigenvalue weighted by atomic mass is 16.2. The summed E-state index contributed by atoms with van der Waals surface area (Å²) in [5, 5.41) is 10.3. The number of hydrogen-bond acceptors (Lipinski definition) is 3. The standard InChI is InChI=1S/C20H26N4O2/c1-15(17-9-4-5-10-18(17)24-14-6-13-21-24)22-19(25)11-12-20(26)23-16-7-2-3-8-16/h4-6,9-10,13-16H,2-3,7-8,11-12H2,1H3,(H,22,25)(H,23,26). The number of para-hydroxylation sites is 1. The minimum Gasteiger partial charge on any atom is -0.353 e. The zero-order valence-corrected chi connectivity index (χ0v) is 15.1. The molecule has 6 heteroatoms. The van der Waals surface area contributed by atoms with E-state index < -0.39 is 0 Å². The van der Waals surface area contributed by atoms with Crippen LogP contribution in [0.25, 0.3) is 5.69 Å². The van der Waals surface area contributed by atoms with Crippen molar-refractivity contribution in [3.63, 3.8) is 0 Å². The summed E-state index contributed by atoms with van der Waals surface area (Å²) >= 11 is 0. The van der Waals surface area contributed by atoms with E-state index in [1.165, 1.54) is 12.8 Å². The largest absolute Gasteiger partial charge is 0.353 e. The normalized spacial score (nSPS) is 15.6. The molecule has 1 aliphatic carbocycles. The van der Waals surface area contributed by atoms with Crippen molar-refractivity contribution in [2.45, 2.75) is 57.5 Å². The first-order valence-electron chi connectivity index (χ1n) is 9.31. The Balaban J connectivity index is 1.52. The van der Waals surface area contributed by atoms with E-state index in [4.69, 9.17) is 0 Å². The van der Waals surface area contributed by atoms with Gasteiger partial charge in [0, 0.05) is 31.3 Å². The van der Waals surface area contributed by atoms with Gasteiger partial charge in [-0.3, -0.25) is 9.59 Å². The summed E-state index contributed by atoms with van der Waals surface area (Å²) < 4.78 is 1.78. The molecule has 2 N–H and O–H groups in total. The average molecular weight is 354 g/mol. The summed E-state index contributed by atoms with van der Waals surface area (Å²) in [5.74, 6) is -0.147. The first-order valence-corrected chi connectivity index (χ1v) is 9.31. The van der Waals surface area contributed by atoms with E-state index in [9.17, 15) is 9.59 Å². The fourth-order valence-electron chi connectivity index (χ4n) is 3.46. The predicted octanol–water partition coefficient (Wildman–Crippen LogP) is 2.89. The molecule has 1 aromatic heterocycles. The summed E-state index contributed by atoms with van der Waals surface area (Å²) in [6.45, 7) is 1.94. The van der Waals surface area contributed by atoms with Crippen LogP contribution in [0.4, 0.5) is 0 Å². The molecule has 1 aromatic carbocycles. The molecule has 0 radical (unpaired) electrons. The molecule has 0 aliphatic heterocycles. The second-order valence-corrected chi connectivity index (χ2v) is 6.85. The molecule has 1 unspecified atom stereocenters. The van der Waals surface area contributed by atoms with E-state index in [-0.39, 0.29) is 30.7 Å². The van der Waals surface area contributed by atoms with Gasteiger partial charge in [0.15, 0.2) is 0 Å². The SMILES string of the molecule is CC(NC(=O)CCC(=O)NC1CCCC1)c1ccccc1-n1cccn1. The van der Waals surface area contributed by atoms with Crippen molar-refractivity contribution in [2.75, 3.05) is 0 Å². The summed E-state index contributed by atoms with van der Waals surface area (Å²) in [6.07, 6.45) is 8.50. The maximum atomic E-state index is 12.3. The maximum absolute atomic E-state index is 12.3. The number of aromatic nitrogens is 2. The number of nitrogens with one attached hydrogen (secondary N) is 2. The third-order valence-electron chi connectivity index (χ3n) is 4.83. The second kappa shape index (κ2) is 8.65. The van der Waals surface area contributed by atoms with Gasteiger partial charge in [-0.25, -0.2) is 4.68 Å². The van der Waals surface area contributed by atoms with Crippen LogP contribution in [0.1, 0.15) is 57.1 Å². The van der Waals surface area contributed by atoms with E-state index >= 15 is 0 Å². The fourth-order valence-corrected chi connectivity index (χ4v) is 3.46. The molecule has 6 nitrogen and oxygen atoms in total. The second-order valence-electron chi connectivity index (χ2n) is 6.85. The molecule has 0 saturated heterocycles. The van der Waals surface area contributed by atoms with Crippen molar-refractivity contribution >= 4 is 11.8 Å². The maximum Gasteiger partial charge on any atom is 0.220 e. The molecule has 0 spiro atoms. The molecule has 26 heavy (non-hydrogen) atoms. The monoisotopic (exact) mass is 354 g/mol. The summed E-state index contributed by atoms with van der Waals surface area (Å²) in [4.78, 5) is 24.2. The zero-order valence-electron chi connectivity index (χ0n) is 15.1. The number of carbonyl (C=O) groups excluding carboxylic acids is 2. The van der Waals surface area contributed by atoms with E-state index in [2.05, 4.69) is 15.7 Å². The van der Waals surface area contributed by atoms with Gasteiger partial charge in [0.2, 0.25) is 11.8 Å². The topological polar surface area (TPSA) is 76.0 Å². The molecule has 1 aliphatic rings. The van der Waals surface area contributed by atoms with Crippen LogP contribution in [-0.4, -0.2) is 27.6 Å². The van der Waals surface area contributed by atoms with Crippen LogP contribution < -0.4 is 10.6 Å². The highest BCUT2D eigenvalue weighted by Gasteiger charge is 2.18. The van der Waals surface area contributed by atoms with E-state index in [0.717, 1.165) is 24.1 Å². The highest BCUT2D eigenvalue weighted by Crippen LogP contribution is 2.21. The van der Waals surface area contributed by atoms with Gasteiger partial charge in [0.25, 0.3) is 0 Å². The molecule has 2 aromatic rings. The Morgan fingerprint density at radius 2 is 1.88 bits per heavy atom. The van der Waals surface area contributed by atoms with Gasteiger partial charge in [-0.15, -0.1) is 0 Å². The Morgan fingerprint density at radius 3 is 2.62 bits per heavy atom. The molecular weight excluding hydrogens is 328 g/mol. The lowest BCUT2D eigenvalue weighted by Gasteiger charge is -2.18. The number of nitrogens with zero attached hydrogens (tertiary/aromatic N) is 2. The molecule has 1 atom stereocenters. The molecule has 1 heterocycles. The van der Waals surface area contributed by atoms with Crippen LogP contribution in [0.5, 0.6) is 0 Å². The Morgan fingerprint density at radius 1 is 1.15 bits per heavy atom. The molecule has 2 amide bonds. The van der Waals surface area contributed by atoms with Crippen molar-refractivity contribution in [1.82, 2.24) is 20.4 Å². The first kappa shape index (κ1) is 18.2. The lowest BCUT2D eigenvalue weighted by atomic mass is 10.1. The Bertz CT molecular complexity index is 736. The first-order chi connectivity index (χ1) is 12.6. The van der Waals surface area contributed by atoms with Crippen LogP contribution in [0.3, 0.4) is 0 Å². The van der Waals surface area contributed by atoms with Crippen LogP contribution in [0.15, 0.2) is 42.7 Å². The molecule has 0 bridgehead atoms. The predicted molar refractivity (Wildman–Crippen MR) is 99.8 cm³/mol. The van der Waals surface area contributed by atoms with Crippen LogP contribution in [0, 0.1) is 0 Å². The van der Waals surface area contributed by atoms with Crippen molar-refractivity contribution in [1.29, 1.82) is 0 Å². The molecule has 1 saturated carbocycles. The lowest BCUT2D eigenvalue weighted by Crippen LogP contribution is -2.34. The van der Waals surface area contributed by atoms with Gasteiger partial charge in [-0.05, 0) is 37.5 Å². The molecule has 1 fully saturated rings. The zero-order chi connectivity index (χ0) is 18.4. The van der Waals surface area contributed by atoms with E-state index in [1.807, 2.05) is 43.5 Å². The summed E-state index contributed by atoms with van der Waals surface area (Å²) in [5.41, 5.74) is 1.92. The van der Waals surface area contributed by atoms with Crippen molar-refractivity contribution < 1.29 is 9.59 Å². The van der Waals surface area contributed by atoms with E-state index in [1.54, 1.807) is 10.9 Å². The average Bonchev–Trinajstić information content (AvgIpc) is 3.34. The highest BCUT2D eigenvalue weighted by molar-refractivity contribution is 5.84. The Kier molecular flexibility index (Phi) is 6.04. The van der Waals surface area contributed by atoms with E-state index in [0.29, 0.717) is 6.04 Å². The molecular formula is C20H26N4O2. The molecule has 3 rings (SSSR count). The van der Waals surface area contributed by atoms with Gasteiger partial charge >= 0.3 is 0 Å². The van der Waals surface area contributed by atoms with Crippen molar-refractivity contribution in [3.05, 3.63) is 48.3 Å². The Labute approximate surface area is 154 Å². The van der Waals surface area contributed by atoms with Crippen molar-refractivity contribution in [2.24, 2.45) is 0 Å². The van der Waals surface area contributed by atoms with Gasteiger partial charge < -0.3 is 10.6 Å². The van der Waals surface area contributed by atoms with Gasteiger partial charge in [0.05, 0.1) is 11.7 Å². The van der Waals surface area contributed by atoms with Crippen LogP contribution in [-0.2, 0) is 9.59 Å². The smallest absolute Gasteiger partial charge is 0.220 e. The number of benzene rings is 1. The Hall–Kier alpha value is -2.63. The van der Waals surface area contributed by atoms with Crippen LogP contribution >= 0.6 is 0 Å². The minimum atomic E-state index is -0.166. The third-order valence-corrected chi connectivity index (χ3v) is 4.83. The third kappa shape index (κ3) is 4.71. The van der Waals surface area contributed by atoms with Gasteiger partial charge in [0.1, 0.15) is 0 Å². The fraction of sp³-hybridized carbons (Fsp3) is 0.450. The van der Waals surface area contributed by atoms with Gasteiger partial charge in [-0.2, -0.15) is 5.10 Å². The number of hydrogen-bond donors (Lipinski definition) is 2. The van der Waals surface area contributed by atoms with Crippen LogP contribution in [0.2, 0.25) is 0 Å². The number of amides is 2. The lowest BCUT2D eigenvalue weighted by molar-refractivity contribution is -0.127. The van der Waals surface area contributed by atoms with Crippen molar-refractivity contribution in [3.8, 4) is 5.69 Å². The van der Waals surface area contributed by atoms with Gasteiger partial charge in [-0.1, -0.05) is 31.0 Å². The number of rotatable bonds is 7. The minimum absolute atomic E-state index is 0.0309. The summed E-state index contributed by atoms with van der Waals surface area (Å²) in [7, 11) is 0.